The molecule has 0 fully saturated rings. The molecular weight excluding hydrogens is 232 g/mol. The van der Waals surface area contributed by atoms with E-state index in [9.17, 15) is 4.79 Å². The zero-order valence-corrected chi connectivity index (χ0v) is 10.8. The van der Waals surface area contributed by atoms with E-state index in [4.69, 9.17) is 10.6 Å². The van der Waals surface area contributed by atoms with Crippen LogP contribution in [0.1, 0.15) is 28.9 Å². The van der Waals surface area contributed by atoms with Crippen molar-refractivity contribution in [2.75, 3.05) is 25.7 Å². The van der Waals surface area contributed by atoms with Gasteiger partial charge in [0, 0.05) is 31.5 Å². The molecule has 6 nitrogen and oxygen atoms in total. The van der Waals surface area contributed by atoms with E-state index >= 15 is 0 Å². The quantitative estimate of drug-likeness (QED) is 0.380. The normalized spacial score (nSPS) is 10.2. The first-order chi connectivity index (χ1) is 8.67. The summed E-state index contributed by atoms with van der Waals surface area (Å²) in [4.78, 5) is 16.0. The van der Waals surface area contributed by atoms with Crippen LogP contribution in [-0.2, 0) is 4.74 Å². The third-order valence-electron chi connectivity index (χ3n) is 2.42. The number of methoxy groups -OCH3 is 1. The van der Waals surface area contributed by atoms with Crippen molar-refractivity contribution in [2.24, 2.45) is 5.84 Å². The smallest absolute Gasteiger partial charge is 0.251 e. The highest BCUT2D eigenvalue weighted by Gasteiger charge is 2.07. The van der Waals surface area contributed by atoms with Crippen LogP contribution in [0, 0.1) is 6.92 Å². The van der Waals surface area contributed by atoms with E-state index in [1.165, 1.54) is 0 Å². The van der Waals surface area contributed by atoms with Gasteiger partial charge in [0.05, 0.1) is 0 Å². The van der Waals surface area contributed by atoms with Crippen LogP contribution in [0.2, 0.25) is 0 Å². The summed E-state index contributed by atoms with van der Waals surface area (Å²) in [5.41, 5.74) is 3.74. The number of aromatic nitrogens is 1. The first-order valence-corrected chi connectivity index (χ1v) is 5.90. The van der Waals surface area contributed by atoms with Crippen molar-refractivity contribution in [3.63, 3.8) is 0 Å². The lowest BCUT2D eigenvalue weighted by atomic mass is 10.2. The number of unbranched alkanes of at least 4 members (excludes halogenated alkanes) is 1. The van der Waals surface area contributed by atoms with Crippen LogP contribution in [0.3, 0.4) is 0 Å². The van der Waals surface area contributed by atoms with Crippen LogP contribution in [0.5, 0.6) is 0 Å². The number of hydrogen-bond donors (Lipinski definition) is 3. The maximum Gasteiger partial charge on any atom is 0.251 e. The van der Waals surface area contributed by atoms with Gasteiger partial charge in [-0.1, -0.05) is 0 Å². The lowest BCUT2D eigenvalue weighted by Crippen LogP contribution is -2.25. The molecule has 0 aliphatic rings. The summed E-state index contributed by atoms with van der Waals surface area (Å²) in [6, 6.07) is 3.35. The Bertz CT molecular complexity index is 396. The Morgan fingerprint density at radius 1 is 1.44 bits per heavy atom. The van der Waals surface area contributed by atoms with Crippen molar-refractivity contribution in [3.05, 3.63) is 23.4 Å². The van der Waals surface area contributed by atoms with E-state index in [-0.39, 0.29) is 5.91 Å². The van der Waals surface area contributed by atoms with Crippen LogP contribution in [-0.4, -0.2) is 31.2 Å². The van der Waals surface area contributed by atoms with Crippen LogP contribution in [0.4, 0.5) is 5.82 Å². The van der Waals surface area contributed by atoms with Crippen molar-refractivity contribution in [1.82, 2.24) is 10.3 Å². The van der Waals surface area contributed by atoms with Crippen molar-refractivity contribution < 1.29 is 9.53 Å². The number of pyridine rings is 1. The molecule has 0 saturated heterocycles. The van der Waals surface area contributed by atoms with Crippen molar-refractivity contribution in [3.8, 4) is 0 Å². The number of nitrogens with two attached hydrogens (primary N) is 1. The Labute approximate surface area is 107 Å². The Morgan fingerprint density at radius 3 is 2.89 bits per heavy atom. The third kappa shape index (κ3) is 4.68. The summed E-state index contributed by atoms with van der Waals surface area (Å²) >= 11 is 0. The number of carbonyl (C=O) groups is 1. The standard InChI is InChI=1S/C12H20N4O2/c1-9-7-10(8-11(15-9)16-13)12(17)14-5-3-4-6-18-2/h7-8H,3-6,13H2,1-2H3,(H,14,17)(H,15,16). The Morgan fingerprint density at radius 2 is 2.22 bits per heavy atom. The van der Waals surface area contributed by atoms with E-state index in [0.717, 1.165) is 18.5 Å². The number of aryl methyl sites for hydroxylation is 1. The fraction of sp³-hybridized carbons (Fsp3) is 0.500. The van der Waals surface area contributed by atoms with E-state index in [1.807, 2.05) is 6.92 Å². The lowest BCUT2D eigenvalue weighted by molar-refractivity contribution is 0.0951. The largest absolute Gasteiger partial charge is 0.385 e. The number of hydrazine groups is 1. The number of nitrogens with zero attached hydrogens (tertiary/aromatic N) is 1. The summed E-state index contributed by atoms with van der Waals surface area (Å²) in [6.45, 7) is 3.16. The van der Waals surface area contributed by atoms with Crippen LogP contribution in [0.15, 0.2) is 12.1 Å². The maximum absolute atomic E-state index is 11.9. The predicted octanol–water partition coefficient (Wildman–Crippen LogP) is 0.832. The monoisotopic (exact) mass is 252 g/mol. The fourth-order valence-corrected chi connectivity index (χ4v) is 1.55. The minimum absolute atomic E-state index is 0.116. The van der Waals surface area contributed by atoms with E-state index in [0.29, 0.717) is 24.5 Å². The summed E-state index contributed by atoms with van der Waals surface area (Å²) in [5, 5.41) is 2.85. The van der Waals surface area contributed by atoms with Crippen LogP contribution >= 0.6 is 0 Å². The van der Waals surface area contributed by atoms with Gasteiger partial charge in [-0.15, -0.1) is 0 Å². The number of nitrogens with one attached hydrogen (secondary N) is 2. The molecule has 100 valence electrons. The van der Waals surface area contributed by atoms with E-state index in [1.54, 1.807) is 19.2 Å². The Hall–Kier alpha value is -1.66. The molecule has 0 aliphatic heterocycles. The highest BCUT2D eigenvalue weighted by molar-refractivity contribution is 5.94. The van der Waals surface area contributed by atoms with Crippen molar-refractivity contribution >= 4 is 11.7 Å². The molecule has 1 rings (SSSR count). The molecule has 0 bridgehead atoms. The summed E-state index contributed by atoms with van der Waals surface area (Å²) in [5.74, 6) is 5.65. The molecule has 0 spiro atoms. The van der Waals surface area contributed by atoms with Gasteiger partial charge < -0.3 is 15.5 Å². The summed E-state index contributed by atoms with van der Waals surface area (Å²) in [7, 11) is 1.67. The predicted molar refractivity (Wildman–Crippen MR) is 70.2 cm³/mol. The van der Waals surface area contributed by atoms with Crippen molar-refractivity contribution in [2.45, 2.75) is 19.8 Å². The molecule has 1 aromatic rings. The molecule has 0 atom stereocenters. The van der Waals surface area contributed by atoms with Gasteiger partial charge in [0.15, 0.2) is 0 Å². The topological polar surface area (TPSA) is 89.3 Å². The van der Waals surface area contributed by atoms with E-state index in [2.05, 4.69) is 15.7 Å². The van der Waals surface area contributed by atoms with Gasteiger partial charge in [-0.2, -0.15) is 0 Å². The number of amides is 1. The molecule has 0 unspecified atom stereocenters. The summed E-state index contributed by atoms with van der Waals surface area (Å²) < 4.78 is 4.94. The molecule has 18 heavy (non-hydrogen) atoms. The SMILES string of the molecule is COCCCCNC(=O)c1cc(C)nc(NN)c1. The molecule has 0 radical (unpaired) electrons. The first-order valence-electron chi connectivity index (χ1n) is 5.90. The first kappa shape index (κ1) is 14.4. The number of ether oxygens (including phenoxy) is 1. The Balaban J connectivity index is 2.48. The molecule has 4 N–H and O–H groups in total. The highest BCUT2D eigenvalue weighted by atomic mass is 16.5. The molecular formula is C12H20N4O2. The molecule has 6 heteroatoms. The van der Waals surface area contributed by atoms with Gasteiger partial charge in [0.1, 0.15) is 5.82 Å². The van der Waals surface area contributed by atoms with Gasteiger partial charge in [-0.25, -0.2) is 10.8 Å². The van der Waals surface area contributed by atoms with Crippen LogP contribution in [0.25, 0.3) is 0 Å². The molecule has 1 amide bonds. The van der Waals surface area contributed by atoms with Gasteiger partial charge in [-0.05, 0) is 31.9 Å². The average Bonchev–Trinajstić information content (AvgIpc) is 2.37. The Kier molecular flexibility index (Phi) is 6.10. The molecule has 0 aromatic carbocycles. The molecule has 0 aliphatic carbocycles. The minimum Gasteiger partial charge on any atom is -0.385 e. The van der Waals surface area contributed by atoms with Gasteiger partial charge in [-0.3, -0.25) is 4.79 Å². The average molecular weight is 252 g/mol. The second kappa shape index (κ2) is 7.62. The third-order valence-corrected chi connectivity index (χ3v) is 2.42. The number of hydrogen-bond acceptors (Lipinski definition) is 5. The van der Waals surface area contributed by atoms with Crippen molar-refractivity contribution in [1.29, 1.82) is 0 Å². The lowest BCUT2D eigenvalue weighted by Gasteiger charge is -2.07. The second-order valence-corrected chi connectivity index (χ2v) is 3.98. The van der Waals surface area contributed by atoms with Crippen LogP contribution < -0.4 is 16.6 Å². The maximum atomic E-state index is 11.9. The highest BCUT2D eigenvalue weighted by Crippen LogP contribution is 2.08. The van der Waals surface area contributed by atoms with Gasteiger partial charge >= 0.3 is 0 Å². The van der Waals surface area contributed by atoms with Gasteiger partial charge in [0.2, 0.25) is 0 Å². The second-order valence-electron chi connectivity index (χ2n) is 3.98. The number of rotatable bonds is 7. The van der Waals surface area contributed by atoms with Gasteiger partial charge in [0.25, 0.3) is 5.91 Å². The number of anilines is 1. The van der Waals surface area contributed by atoms with E-state index < -0.39 is 0 Å². The molecule has 0 saturated carbocycles. The number of nitrogen functional groups attached to an aromatic ring is 1. The zero-order valence-electron chi connectivity index (χ0n) is 10.8. The zero-order chi connectivity index (χ0) is 13.4. The fourth-order valence-electron chi connectivity index (χ4n) is 1.55. The number of carbonyl (C=O) groups excluding carboxylic acids is 1. The minimum atomic E-state index is -0.116. The molecule has 1 heterocycles. The molecule has 1 aromatic heterocycles. The summed E-state index contributed by atoms with van der Waals surface area (Å²) in [6.07, 6.45) is 1.83.